The molecule has 2 unspecified atom stereocenters. The summed E-state index contributed by atoms with van der Waals surface area (Å²) in [6, 6.07) is 22.4. The van der Waals surface area contributed by atoms with Crippen LogP contribution < -0.4 is 5.73 Å². The van der Waals surface area contributed by atoms with Gasteiger partial charge < -0.3 is 10.6 Å². The molecule has 1 aliphatic carbocycles. The van der Waals surface area contributed by atoms with Crippen LogP contribution in [0.15, 0.2) is 109 Å². The molecule has 0 aromatic heterocycles. The highest BCUT2D eigenvalue weighted by atomic mass is 19.1. The van der Waals surface area contributed by atoms with Crippen molar-refractivity contribution >= 4 is 16.9 Å². The number of halogens is 1. The summed E-state index contributed by atoms with van der Waals surface area (Å²) in [6.07, 6.45) is 4.83. The second-order valence-electron chi connectivity index (χ2n) is 9.46. The van der Waals surface area contributed by atoms with Gasteiger partial charge in [0.2, 0.25) is 0 Å². The number of benzene rings is 3. The molecule has 0 radical (unpaired) electrons. The fourth-order valence-corrected chi connectivity index (χ4v) is 4.55. The summed E-state index contributed by atoms with van der Waals surface area (Å²) < 4.78 is 14.5. The van der Waals surface area contributed by atoms with Gasteiger partial charge in [-0.2, -0.15) is 0 Å². The van der Waals surface area contributed by atoms with Crippen molar-refractivity contribution < 1.29 is 4.39 Å². The van der Waals surface area contributed by atoms with Gasteiger partial charge in [-0.25, -0.2) is 4.39 Å². The van der Waals surface area contributed by atoms with E-state index >= 15 is 0 Å². The highest BCUT2D eigenvalue weighted by molar-refractivity contribution is 5.71. The monoisotopic (exact) mass is 527 g/mol. The van der Waals surface area contributed by atoms with Gasteiger partial charge in [-0.1, -0.05) is 75.4 Å². The van der Waals surface area contributed by atoms with Gasteiger partial charge in [0.1, 0.15) is 11.5 Å². The van der Waals surface area contributed by atoms with Crippen molar-refractivity contribution in [2.45, 2.75) is 46.6 Å². The van der Waals surface area contributed by atoms with E-state index in [2.05, 4.69) is 67.1 Å². The Labute approximate surface area is 233 Å². The molecule has 1 fully saturated rings. The van der Waals surface area contributed by atoms with E-state index in [9.17, 15) is 9.30 Å². The fourth-order valence-electron chi connectivity index (χ4n) is 4.55. The van der Waals surface area contributed by atoms with Crippen molar-refractivity contribution in [1.82, 2.24) is 4.90 Å². The first-order valence-corrected chi connectivity index (χ1v) is 13.5. The van der Waals surface area contributed by atoms with E-state index in [1.807, 2.05) is 39.0 Å². The molecule has 0 bridgehead atoms. The van der Waals surface area contributed by atoms with E-state index in [0.717, 1.165) is 29.2 Å². The van der Waals surface area contributed by atoms with E-state index in [4.69, 9.17) is 5.73 Å². The molecule has 39 heavy (non-hydrogen) atoms. The maximum Gasteiger partial charge on any atom is 0.130 e. The van der Waals surface area contributed by atoms with Gasteiger partial charge in [0.05, 0.1) is 6.04 Å². The van der Waals surface area contributed by atoms with Crippen molar-refractivity contribution in [3.8, 4) is 0 Å². The number of nitrogen functional groups attached to an aromatic ring is 1. The molecule has 206 valence electrons. The second-order valence-corrected chi connectivity index (χ2v) is 9.46. The Kier molecular flexibility index (Phi) is 12.4. The minimum Gasteiger partial charge on any atom is -0.399 e. The third-order valence-electron chi connectivity index (χ3n) is 6.87. The summed E-state index contributed by atoms with van der Waals surface area (Å²) >= 11 is 0. The van der Waals surface area contributed by atoms with Gasteiger partial charge in [0, 0.05) is 23.5 Å². The first-order chi connectivity index (χ1) is 18.9. The predicted octanol–water partition coefficient (Wildman–Crippen LogP) is 9.63. The third kappa shape index (κ3) is 8.51. The summed E-state index contributed by atoms with van der Waals surface area (Å²) in [5, 5.41) is 2.71. The average molecular weight is 528 g/mol. The molecule has 2 atom stereocenters. The molecule has 4 nitrogen and oxygen atoms in total. The van der Waals surface area contributed by atoms with Crippen LogP contribution in [-0.2, 0) is 0 Å². The zero-order valence-corrected chi connectivity index (χ0v) is 23.7. The van der Waals surface area contributed by atoms with Gasteiger partial charge in [0.25, 0.3) is 0 Å². The highest BCUT2D eigenvalue weighted by Gasteiger charge is 2.36. The fraction of sp³-hybridized carbons (Fsp3) is 0.294. The Morgan fingerprint density at radius 3 is 2.21 bits per heavy atom. The van der Waals surface area contributed by atoms with Crippen molar-refractivity contribution in [2.75, 3.05) is 12.3 Å². The highest BCUT2D eigenvalue weighted by Crippen LogP contribution is 2.45. The molecular weight excluding hydrogens is 485 g/mol. The zero-order valence-electron chi connectivity index (χ0n) is 23.7. The molecule has 1 saturated carbocycles. The van der Waals surface area contributed by atoms with Crippen LogP contribution in [0, 0.1) is 29.5 Å². The molecule has 1 heterocycles. The minimum absolute atomic E-state index is 0.125. The Bertz CT molecular complexity index is 1230. The van der Waals surface area contributed by atoms with Crippen LogP contribution in [-0.4, -0.2) is 11.4 Å². The Balaban J connectivity index is 0.000000345. The number of nitroso groups, excluding NO2 is 1. The number of allylic oxidation sites excluding steroid dienone is 1. The first-order valence-electron chi connectivity index (χ1n) is 13.5. The predicted molar refractivity (Wildman–Crippen MR) is 165 cm³/mol. The first kappa shape index (κ1) is 31.2. The standard InChI is InChI=1S/C24H26FN.C6H6N2O.C2H6.C2H4/c1-16-9-12-23(25)22(13-16)21-14-24(20-7-5-4-6-8-20)26(15-21)18(3)17(2)19-10-11-19;7-5-1-3-6(8-9)4-2-5;2*1-2/h4-9,12-14,17,19,24H,3,10-11,15H2,1-2H3;1-4H,7H2;1-2H3;1-2H2. The molecule has 5 heteroatoms. The van der Waals surface area contributed by atoms with Crippen LogP contribution in [0.2, 0.25) is 0 Å². The lowest BCUT2D eigenvalue weighted by molar-refractivity contribution is 0.302. The number of hydrogen-bond donors (Lipinski definition) is 1. The number of aryl methyl sites for hydroxylation is 1. The largest absolute Gasteiger partial charge is 0.399 e. The Hall–Kier alpha value is -3.99. The lowest BCUT2D eigenvalue weighted by Gasteiger charge is -2.32. The summed E-state index contributed by atoms with van der Waals surface area (Å²) in [4.78, 5) is 12.2. The molecule has 0 saturated heterocycles. The lowest BCUT2D eigenvalue weighted by atomic mass is 9.99. The normalized spacial score (nSPS) is 16.2. The molecule has 2 aliphatic rings. The molecule has 3 aromatic rings. The lowest BCUT2D eigenvalue weighted by Crippen LogP contribution is -2.27. The number of nitrogens with two attached hydrogens (primary N) is 1. The summed E-state index contributed by atoms with van der Waals surface area (Å²) in [6.45, 7) is 19.5. The van der Waals surface area contributed by atoms with Crippen LogP contribution in [0.25, 0.3) is 5.57 Å². The smallest absolute Gasteiger partial charge is 0.130 e. The van der Waals surface area contributed by atoms with Crippen LogP contribution in [0.3, 0.4) is 0 Å². The average Bonchev–Trinajstić information content (AvgIpc) is 3.75. The van der Waals surface area contributed by atoms with Crippen molar-refractivity contribution in [3.05, 3.63) is 132 Å². The molecule has 3 aromatic carbocycles. The van der Waals surface area contributed by atoms with Crippen LogP contribution in [0.5, 0.6) is 0 Å². The maximum atomic E-state index is 14.5. The Morgan fingerprint density at radius 2 is 1.64 bits per heavy atom. The molecule has 5 rings (SSSR count). The summed E-state index contributed by atoms with van der Waals surface area (Å²) in [5.41, 5.74) is 11.7. The van der Waals surface area contributed by atoms with Crippen LogP contribution >= 0.6 is 0 Å². The maximum absolute atomic E-state index is 14.5. The van der Waals surface area contributed by atoms with Gasteiger partial charge in [-0.15, -0.1) is 18.1 Å². The molecular formula is C34H42FN3O. The minimum atomic E-state index is -0.142. The van der Waals surface area contributed by atoms with Gasteiger partial charge in [0.15, 0.2) is 0 Å². The SMILES string of the molecule is C=C.C=C(C(C)C1CC1)N1CC(c2cc(C)ccc2F)=CC1c1ccccc1.CC.Nc1ccc(N=O)cc1. The number of nitrogens with zero attached hydrogens (tertiary/aromatic N) is 2. The topological polar surface area (TPSA) is 58.7 Å². The number of hydrogen-bond acceptors (Lipinski definition) is 4. The van der Waals surface area contributed by atoms with Gasteiger partial charge in [-0.05, 0) is 84.3 Å². The molecule has 1 aliphatic heterocycles. The summed E-state index contributed by atoms with van der Waals surface area (Å²) in [5.74, 6) is 1.10. The van der Waals surface area contributed by atoms with E-state index in [-0.39, 0.29) is 11.9 Å². The van der Waals surface area contributed by atoms with E-state index < -0.39 is 0 Å². The van der Waals surface area contributed by atoms with Crippen molar-refractivity contribution in [2.24, 2.45) is 17.0 Å². The van der Waals surface area contributed by atoms with Crippen LogP contribution in [0.4, 0.5) is 15.8 Å². The van der Waals surface area contributed by atoms with Crippen molar-refractivity contribution in [1.29, 1.82) is 0 Å². The van der Waals surface area contributed by atoms with E-state index in [0.29, 0.717) is 17.3 Å². The number of anilines is 1. The molecule has 0 spiro atoms. The van der Waals surface area contributed by atoms with Gasteiger partial charge in [-0.3, -0.25) is 0 Å². The van der Waals surface area contributed by atoms with E-state index in [1.54, 1.807) is 30.3 Å². The molecule has 0 amide bonds. The van der Waals surface area contributed by atoms with E-state index in [1.165, 1.54) is 24.1 Å². The number of rotatable bonds is 6. The van der Waals surface area contributed by atoms with Gasteiger partial charge >= 0.3 is 0 Å². The summed E-state index contributed by atoms with van der Waals surface area (Å²) in [7, 11) is 0. The zero-order chi connectivity index (χ0) is 28.9. The van der Waals surface area contributed by atoms with Crippen molar-refractivity contribution in [3.63, 3.8) is 0 Å². The molecule has 2 N–H and O–H groups in total. The third-order valence-corrected chi connectivity index (χ3v) is 6.87. The second kappa shape index (κ2) is 15.4. The van der Waals surface area contributed by atoms with Crippen LogP contribution in [0.1, 0.15) is 56.3 Å². The Morgan fingerprint density at radius 1 is 1.03 bits per heavy atom. The quantitative estimate of drug-likeness (QED) is 0.197.